The molecule has 1 rings (SSSR count). The zero-order valence-corrected chi connectivity index (χ0v) is 13.3. The number of carbonyl (C=O) groups is 2. The van der Waals surface area contributed by atoms with E-state index in [0.717, 1.165) is 11.8 Å². The summed E-state index contributed by atoms with van der Waals surface area (Å²) in [6.07, 6.45) is 2.54. The van der Waals surface area contributed by atoms with Crippen molar-refractivity contribution in [2.75, 3.05) is 13.2 Å². The number of aldehydes is 1. The molecule has 0 aliphatic rings. The molecule has 0 saturated heterocycles. The largest absolute Gasteiger partial charge is 0.489 e. The van der Waals surface area contributed by atoms with Gasteiger partial charge in [0.05, 0.1) is 5.56 Å². The Bertz CT molecular complexity index is 532. The topological polar surface area (TPSA) is 64.6 Å². The maximum absolute atomic E-state index is 11.5. The van der Waals surface area contributed by atoms with Gasteiger partial charge < -0.3 is 14.8 Å². The van der Waals surface area contributed by atoms with Crippen LogP contribution in [0.4, 0.5) is 4.79 Å². The SMILES string of the molecule is C=CCOc1cc(CCNC(=O)OC(C)(C)C)ccc1C=O. The molecule has 1 amide bonds. The highest BCUT2D eigenvalue weighted by atomic mass is 16.6. The Labute approximate surface area is 131 Å². The first kappa shape index (κ1) is 17.8. The molecule has 0 aliphatic heterocycles. The number of amides is 1. The van der Waals surface area contributed by atoms with Crippen LogP contribution in [0.25, 0.3) is 0 Å². The van der Waals surface area contributed by atoms with Crippen LogP contribution in [-0.4, -0.2) is 31.1 Å². The van der Waals surface area contributed by atoms with Crippen LogP contribution < -0.4 is 10.1 Å². The maximum Gasteiger partial charge on any atom is 0.407 e. The number of alkyl carbamates (subject to hydrolysis) is 1. The molecule has 0 heterocycles. The first-order valence-electron chi connectivity index (χ1n) is 7.14. The lowest BCUT2D eigenvalue weighted by Gasteiger charge is -2.19. The quantitative estimate of drug-likeness (QED) is 0.621. The Kier molecular flexibility index (Phi) is 6.63. The number of nitrogens with one attached hydrogen (secondary N) is 1. The monoisotopic (exact) mass is 305 g/mol. The van der Waals surface area contributed by atoms with E-state index >= 15 is 0 Å². The van der Waals surface area contributed by atoms with Crippen LogP contribution in [-0.2, 0) is 11.2 Å². The first-order chi connectivity index (χ1) is 10.4. The minimum atomic E-state index is -0.513. The molecule has 120 valence electrons. The van der Waals surface area contributed by atoms with Gasteiger partial charge in [-0.1, -0.05) is 18.7 Å². The van der Waals surface area contributed by atoms with E-state index < -0.39 is 11.7 Å². The van der Waals surface area contributed by atoms with Crippen molar-refractivity contribution >= 4 is 12.4 Å². The van der Waals surface area contributed by atoms with Gasteiger partial charge in [-0.05, 0) is 44.9 Å². The zero-order chi connectivity index (χ0) is 16.6. The predicted octanol–water partition coefficient (Wildman–Crippen LogP) is 3.13. The molecule has 1 aromatic rings. The predicted molar refractivity (Wildman–Crippen MR) is 85.5 cm³/mol. The Balaban J connectivity index is 2.57. The molecule has 5 nitrogen and oxygen atoms in total. The molecule has 22 heavy (non-hydrogen) atoms. The van der Waals surface area contributed by atoms with E-state index in [4.69, 9.17) is 9.47 Å². The third-order valence-corrected chi connectivity index (χ3v) is 2.64. The summed E-state index contributed by atoms with van der Waals surface area (Å²) in [7, 11) is 0. The highest BCUT2D eigenvalue weighted by Gasteiger charge is 2.15. The van der Waals surface area contributed by atoms with E-state index in [1.165, 1.54) is 0 Å². The summed E-state index contributed by atoms with van der Waals surface area (Å²) in [5.74, 6) is 0.518. The maximum atomic E-state index is 11.5. The Morgan fingerprint density at radius 3 is 2.68 bits per heavy atom. The van der Waals surface area contributed by atoms with Crippen LogP contribution in [0.2, 0.25) is 0 Å². The molecule has 0 spiro atoms. The molecule has 1 N–H and O–H groups in total. The second-order valence-corrected chi connectivity index (χ2v) is 5.77. The number of ether oxygens (including phenoxy) is 2. The van der Waals surface area contributed by atoms with Crippen LogP contribution in [0.3, 0.4) is 0 Å². The molecule has 0 atom stereocenters. The fourth-order valence-corrected chi connectivity index (χ4v) is 1.73. The van der Waals surface area contributed by atoms with Gasteiger partial charge in [0.15, 0.2) is 6.29 Å². The van der Waals surface area contributed by atoms with E-state index in [0.29, 0.717) is 30.9 Å². The number of benzene rings is 1. The standard InChI is InChI=1S/C17H23NO4/c1-5-10-21-15-11-13(6-7-14(15)12-19)8-9-18-16(20)22-17(2,3)4/h5-7,11-12H,1,8-10H2,2-4H3,(H,18,20). The molecule has 0 fully saturated rings. The van der Waals surface area contributed by atoms with Gasteiger partial charge in [0.2, 0.25) is 0 Å². The molecule has 0 saturated carbocycles. The molecular formula is C17H23NO4. The summed E-state index contributed by atoms with van der Waals surface area (Å²) in [4.78, 5) is 22.5. The smallest absolute Gasteiger partial charge is 0.407 e. The average Bonchev–Trinajstić information content (AvgIpc) is 2.43. The number of rotatable bonds is 7. The van der Waals surface area contributed by atoms with Gasteiger partial charge in [-0.2, -0.15) is 0 Å². The summed E-state index contributed by atoms with van der Waals surface area (Å²) in [5, 5.41) is 2.69. The van der Waals surface area contributed by atoms with Crippen LogP contribution in [0.1, 0.15) is 36.7 Å². The normalized spacial score (nSPS) is 10.7. The van der Waals surface area contributed by atoms with E-state index in [1.54, 1.807) is 18.2 Å². The average molecular weight is 305 g/mol. The molecule has 1 aromatic carbocycles. The molecule has 0 radical (unpaired) electrons. The van der Waals surface area contributed by atoms with Crippen LogP contribution in [0.5, 0.6) is 5.75 Å². The summed E-state index contributed by atoms with van der Waals surface area (Å²) in [5.41, 5.74) is 0.938. The summed E-state index contributed by atoms with van der Waals surface area (Å²) >= 11 is 0. The third kappa shape index (κ3) is 6.43. The van der Waals surface area contributed by atoms with Gasteiger partial charge in [0.25, 0.3) is 0 Å². The molecule has 0 unspecified atom stereocenters. The van der Waals surface area contributed by atoms with Crippen LogP contribution in [0.15, 0.2) is 30.9 Å². The van der Waals surface area contributed by atoms with Gasteiger partial charge in [-0.15, -0.1) is 0 Å². The van der Waals surface area contributed by atoms with Crippen LogP contribution >= 0.6 is 0 Å². The second-order valence-electron chi connectivity index (χ2n) is 5.77. The van der Waals surface area contributed by atoms with Crippen molar-refractivity contribution in [3.8, 4) is 5.75 Å². The van der Waals surface area contributed by atoms with Gasteiger partial charge in [0, 0.05) is 6.54 Å². The van der Waals surface area contributed by atoms with Gasteiger partial charge in [-0.25, -0.2) is 4.79 Å². The highest BCUT2D eigenvalue weighted by Crippen LogP contribution is 2.19. The van der Waals surface area contributed by atoms with E-state index in [-0.39, 0.29) is 0 Å². The van der Waals surface area contributed by atoms with Crippen molar-refractivity contribution in [3.63, 3.8) is 0 Å². The Morgan fingerprint density at radius 2 is 2.09 bits per heavy atom. The van der Waals surface area contributed by atoms with Crippen LogP contribution in [0, 0.1) is 0 Å². The Morgan fingerprint density at radius 1 is 1.36 bits per heavy atom. The summed E-state index contributed by atoms with van der Waals surface area (Å²) in [6, 6.07) is 5.33. The molecule has 5 heteroatoms. The fourth-order valence-electron chi connectivity index (χ4n) is 1.73. The minimum Gasteiger partial charge on any atom is -0.489 e. The van der Waals surface area contributed by atoms with Crippen molar-refractivity contribution in [1.82, 2.24) is 5.32 Å². The third-order valence-electron chi connectivity index (χ3n) is 2.64. The minimum absolute atomic E-state index is 0.334. The molecule has 0 aliphatic carbocycles. The van der Waals surface area contributed by atoms with Crippen molar-refractivity contribution in [2.45, 2.75) is 32.8 Å². The lowest BCUT2D eigenvalue weighted by Crippen LogP contribution is -2.33. The zero-order valence-electron chi connectivity index (χ0n) is 13.3. The molecular weight excluding hydrogens is 282 g/mol. The fraction of sp³-hybridized carbons (Fsp3) is 0.412. The molecule has 0 bridgehead atoms. The summed E-state index contributed by atoms with van der Waals surface area (Å²) in [6.45, 7) is 9.79. The summed E-state index contributed by atoms with van der Waals surface area (Å²) < 4.78 is 10.6. The Hall–Kier alpha value is -2.30. The highest BCUT2D eigenvalue weighted by molar-refractivity contribution is 5.79. The van der Waals surface area contributed by atoms with Gasteiger partial charge in [-0.3, -0.25) is 4.79 Å². The van der Waals surface area contributed by atoms with Gasteiger partial charge in [0.1, 0.15) is 18.0 Å². The lowest BCUT2D eigenvalue weighted by atomic mass is 10.1. The number of carbonyl (C=O) groups excluding carboxylic acids is 2. The van der Waals surface area contributed by atoms with E-state index in [2.05, 4.69) is 11.9 Å². The van der Waals surface area contributed by atoms with Crippen molar-refractivity contribution in [2.24, 2.45) is 0 Å². The van der Waals surface area contributed by atoms with Gasteiger partial charge >= 0.3 is 6.09 Å². The first-order valence-corrected chi connectivity index (χ1v) is 7.14. The van der Waals surface area contributed by atoms with Crippen molar-refractivity contribution in [1.29, 1.82) is 0 Å². The van der Waals surface area contributed by atoms with Crippen molar-refractivity contribution in [3.05, 3.63) is 42.0 Å². The number of hydrogen-bond acceptors (Lipinski definition) is 4. The number of hydrogen-bond donors (Lipinski definition) is 1. The molecule has 0 aromatic heterocycles. The van der Waals surface area contributed by atoms with E-state index in [9.17, 15) is 9.59 Å². The lowest BCUT2D eigenvalue weighted by molar-refractivity contribution is 0.0528. The van der Waals surface area contributed by atoms with Crippen molar-refractivity contribution < 1.29 is 19.1 Å². The van der Waals surface area contributed by atoms with E-state index in [1.807, 2.05) is 26.8 Å². The second kappa shape index (κ2) is 8.22.